The van der Waals surface area contributed by atoms with E-state index in [1.54, 1.807) is 0 Å². The number of carbonyl (C=O) groups excluding carboxylic acids is 1. The van der Waals surface area contributed by atoms with Gasteiger partial charge in [0.15, 0.2) is 0 Å². The molecular weight excluding hydrogens is 406 g/mol. The molecular formula is C30H57NO2. The lowest BCUT2D eigenvalue weighted by Gasteiger charge is -2.31. The van der Waals surface area contributed by atoms with Crippen molar-refractivity contribution in [1.82, 2.24) is 4.90 Å². The maximum atomic E-state index is 12.0. The maximum Gasteiger partial charge on any atom is 0.305 e. The molecule has 0 fully saturated rings. The first-order valence-corrected chi connectivity index (χ1v) is 13.9. The van der Waals surface area contributed by atoms with Gasteiger partial charge in [-0.25, -0.2) is 0 Å². The van der Waals surface area contributed by atoms with Gasteiger partial charge < -0.3 is 9.64 Å². The number of carbonyl (C=O) groups is 1. The number of hydrogen-bond donors (Lipinski definition) is 0. The predicted molar refractivity (Wildman–Crippen MR) is 146 cm³/mol. The van der Waals surface area contributed by atoms with E-state index in [1.807, 2.05) is 0 Å². The van der Waals surface area contributed by atoms with Crippen LogP contribution in [0, 0.1) is 11.3 Å². The average Bonchev–Trinajstić information content (AvgIpc) is 2.73. The van der Waals surface area contributed by atoms with Crippen molar-refractivity contribution < 1.29 is 9.53 Å². The van der Waals surface area contributed by atoms with Gasteiger partial charge in [0.25, 0.3) is 0 Å². The van der Waals surface area contributed by atoms with E-state index in [9.17, 15) is 4.79 Å². The maximum absolute atomic E-state index is 12.0. The predicted octanol–water partition coefficient (Wildman–Crippen LogP) is 8.74. The summed E-state index contributed by atoms with van der Waals surface area (Å²) in [5.41, 5.74) is 0.286. The molecule has 0 rings (SSSR count). The van der Waals surface area contributed by atoms with Crippen molar-refractivity contribution in [2.24, 2.45) is 11.3 Å². The van der Waals surface area contributed by atoms with E-state index in [0.717, 1.165) is 32.2 Å². The fourth-order valence-electron chi connectivity index (χ4n) is 4.68. The van der Waals surface area contributed by atoms with Gasteiger partial charge in [0.2, 0.25) is 0 Å². The highest BCUT2D eigenvalue weighted by Crippen LogP contribution is 2.28. The van der Waals surface area contributed by atoms with Crippen molar-refractivity contribution in [3.05, 3.63) is 24.3 Å². The fraction of sp³-hybridized carbons (Fsp3) is 0.833. The Morgan fingerprint density at radius 3 is 2.06 bits per heavy atom. The highest BCUT2D eigenvalue weighted by molar-refractivity contribution is 5.69. The van der Waals surface area contributed by atoms with Gasteiger partial charge in [-0.1, -0.05) is 90.5 Å². The fourth-order valence-corrected chi connectivity index (χ4v) is 4.68. The van der Waals surface area contributed by atoms with Crippen LogP contribution in [0.3, 0.4) is 0 Å². The number of unbranched alkanes of at least 4 members (excludes halogenated alkanes) is 9. The zero-order valence-corrected chi connectivity index (χ0v) is 23.2. The van der Waals surface area contributed by atoms with Gasteiger partial charge in [0, 0.05) is 13.0 Å². The molecule has 3 heteroatoms. The summed E-state index contributed by atoms with van der Waals surface area (Å²) in [4.78, 5) is 14.3. The Bertz CT molecular complexity index is 507. The molecule has 33 heavy (non-hydrogen) atoms. The minimum Gasteiger partial charge on any atom is -0.466 e. The number of hydrogen-bond acceptors (Lipinski definition) is 3. The monoisotopic (exact) mass is 463 g/mol. The third kappa shape index (κ3) is 23.9. The van der Waals surface area contributed by atoms with Crippen molar-refractivity contribution in [3.63, 3.8) is 0 Å². The summed E-state index contributed by atoms with van der Waals surface area (Å²) in [6.45, 7) is 10.8. The van der Waals surface area contributed by atoms with Crippen LogP contribution in [-0.4, -0.2) is 38.1 Å². The number of nitrogens with zero attached hydrogens (tertiary/aromatic N) is 1. The summed E-state index contributed by atoms with van der Waals surface area (Å²) < 4.78 is 5.44. The lowest BCUT2D eigenvalue weighted by molar-refractivity contribution is -0.144. The molecule has 0 spiro atoms. The van der Waals surface area contributed by atoms with E-state index in [1.165, 1.54) is 64.2 Å². The number of rotatable bonds is 22. The van der Waals surface area contributed by atoms with Gasteiger partial charge in [0.1, 0.15) is 0 Å². The van der Waals surface area contributed by atoms with E-state index >= 15 is 0 Å². The van der Waals surface area contributed by atoms with Gasteiger partial charge in [-0.3, -0.25) is 4.79 Å². The van der Waals surface area contributed by atoms with Crippen molar-refractivity contribution >= 4 is 5.97 Å². The molecule has 194 valence electrons. The third-order valence-electron chi connectivity index (χ3n) is 6.09. The molecule has 0 aromatic carbocycles. The molecule has 0 aromatic rings. The smallest absolute Gasteiger partial charge is 0.305 e. The lowest BCUT2D eigenvalue weighted by Crippen LogP contribution is -2.30. The molecule has 0 aliphatic rings. The molecule has 0 amide bonds. The van der Waals surface area contributed by atoms with Crippen LogP contribution < -0.4 is 0 Å². The van der Waals surface area contributed by atoms with Gasteiger partial charge in [-0.2, -0.15) is 0 Å². The van der Waals surface area contributed by atoms with Crippen molar-refractivity contribution in [3.8, 4) is 0 Å². The SMILES string of the molecule is CCCCCC=CCC=CCCCCCCCCOC(=O)CCC(C)CC(C)(C)CN(C)C. The Morgan fingerprint density at radius 2 is 1.45 bits per heavy atom. The van der Waals surface area contributed by atoms with Crippen LogP contribution in [0.15, 0.2) is 24.3 Å². The summed E-state index contributed by atoms with van der Waals surface area (Å²) in [6, 6.07) is 0. The van der Waals surface area contributed by atoms with Gasteiger partial charge in [-0.05, 0) is 76.8 Å². The molecule has 1 unspecified atom stereocenters. The normalized spacial score (nSPS) is 13.4. The first-order valence-electron chi connectivity index (χ1n) is 13.9. The Hall–Kier alpha value is -1.09. The molecule has 3 nitrogen and oxygen atoms in total. The van der Waals surface area contributed by atoms with Crippen LogP contribution in [0.2, 0.25) is 0 Å². The second-order valence-electron chi connectivity index (χ2n) is 11.1. The first-order chi connectivity index (χ1) is 15.8. The number of allylic oxidation sites excluding steroid dienone is 4. The van der Waals surface area contributed by atoms with Crippen molar-refractivity contribution in [1.29, 1.82) is 0 Å². The molecule has 1 atom stereocenters. The van der Waals surface area contributed by atoms with Crippen LogP contribution in [0.25, 0.3) is 0 Å². The van der Waals surface area contributed by atoms with Crippen LogP contribution in [0.4, 0.5) is 0 Å². The van der Waals surface area contributed by atoms with E-state index in [2.05, 4.69) is 71.0 Å². The second kappa shape index (κ2) is 21.4. The lowest BCUT2D eigenvalue weighted by atomic mass is 9.81. The van der Waals surface area contributed by atoms with E-state index in [-0.39, 0.29) is 11.4 Å². The zero-order chi connectivity index (χ0) is 24.8. The highest BCUT2D eigenvalue weighted by atomic mass is 16.5. The van der Waals surface area contributed by atoms with Crippen LogP contribution >= 0.6 is 0 Å². The van der Waals surface area contributed by atoms with Crippen LogP contribution in [-0.2, 0) is 9.53 Å². The molecule has 0 aliphatic heterocycles. The molecule has 0 aliphatic carbocycles. The molecule has 0 radical (unpaired) electrons. The van der Waals surface area contributed by atoms with E-state index in [0.29, 0.717) is 18.9 Å². The van der Waals surface area contributed by atoms with Crippen molar-refractivity contribution in [2.45, 2.75) is 124 Å². The summed E-state index contributed by atoms with van der Waals surface area (Å²) in [5.74, 6) is 0.532. The Kier molecular flexibility index (Phi) is 20.7. The summed E-state index contributed by atoms with van der Waals surface area (Å²) in [6.07, 6.45) is 26.7. The summed E-state index contributed by atoms with van der Waals surface area (Å²) in [7, 11) is 4.25. The minimum absolute atomic E-state index is 0.0187. The number of esters is 1. The summed E-state index contributed by atoms with van der Waals surface area (Å²) in [5, 5.41) is 0. The second-order valence-corrected chi connectivity index (χ2v) is 11.1. The first kappa shape index (κ1) is 31.9. The summed E-state index contributed by atoms with van der Waals surface area (Å²) >= 11 is 0. The van der Waals surface area contributed by atoms with E-state index in [4.69, 9.17) is 4.74 Å². The average molecular weight is 464 g/mol. The minimum atomic E-state index is -0.0187. The Balaban J connectivity index is 3.50. The third-order valence-corrected chi connectivity index (χ3v) is 6.09. The Labute approximate surface area is 207 Å². The zero-order valence-electron chi connectivity index (χ0n) is 23.2. The molecule has 0 N–H and O–H groups in total. The number of ether oxygens (including phenoxy) is 1. The topological polar surface area (TPSA) is 29.5 Å². The van der Waals surface area contributed by atoms with Gasteiger partial charge >= 0.3 is 5.97 Å². The molecule has 0 bridgehead atoms. The van der Waals surface area contributed by atoms with E-state index < -0.39 is 0 Å². The van der Waals surface area contributed by atoms with Gasteiger partial charge in [0.05, 0.1) is 6.61 Å². The van der Waals surface area contributed by atoms with Gasteiger partial charge in [-0.15, -0.1) is 0 Å². The highest BCUT2D eigenvalue weighted by Gasteiger charge is 2.22. The van der Waals surface area contributed by atoms with Crippen molar-refractivity contribution in [2.75, 3.05) is 27.2 Å². The molecule has 0 heterocycles. The largest absolute Gasteiger partial charge is 0.466 e. The molecule has 0 aromatic heterocycles. The quantitative estimate of drug-likeness (QED) is 0.0913. The van der Waals surface area contributed by atoms with Crippen LogP contribution in [0.5, 0.6) is 0 Å². The standard InChI is InChI=1S/C30H57NO2/c1-7-8-9-10-11-12-13-14-15-16-17-18-19-20-21-22-25-33-29(32)24-23-28(2)26-30(3,4)27-31(5)6/h11-12,14-15,28H,7-10,13,16-27H2,1-6H3. The molecule has 0 saturated heterocycles. The van der Waals surface area contributed by atoms with Crippen LogP contribution in [0.1, 0.15) is 124 Å². The molecule has 0 saturated carbocycles. The Morgan fingerprint density at radius 1 is 0.879 bits per heavy atom.